The molecule has 56 valence electrons. The highest BCUT2D eigenvalue weighted by atomic mass is 32.2. The lowest BCUT2D eigenvalue weighted by Crippen LogP contribution is -2.33. The Labute approximate surface area is 64.8 Å². The Hall–Kier alpha value is -0.180. The van der Waals surface area contributed by atoms with E-state index in [1.54, 1.807) is 11.8 Å². The Balaban J connectivity index is 2.19. The number of hydrogen-bond donors (Lipinski definition) is 1. The molecule has 1 aliphatic carbocycles. The van der Waals surface area contributed by atoms with E-state index >= 15 is 0 Å². The van der Waals surface area contributed by atoms with Crippen molar-refractivity contribution in [3.05, 3.63) is 0 Å². The van der Waals surface area contributed by atoms with Crippen LogP contribution in [0.25, 0.3) is 0 Å². The lowest BCUT2D eigenvalue weighted by Gasteiger charge is -2.16. The number of carbonyl (C=O) groups is 1. The normalized spacial score (nSPS) is 29.4. The summed E-state index contributed by atoms with van der Waals surface area (Å²) in [5.74, 6) is 1.12. The maximum atomic E-state index is 11.3. The highest BCUT2D eigenvalue weighted by Crippen LogP contribution is 2.44. The standard InChI is InChI=1S/C7H11NOS/c9-6-7(10-5-8-6)3-1-2-4-7/h1-5H2,(H,8,9). The SMILES string of the molecule is O=C1NCSC12CCCC2. The minimum Gasteiger partial charge on any atom is -0.346 e. The molecule has 1 heterocycles. The number of hydrogen-bond acceptors (Lipinski definition) is 2. The first kappa shape index (κ1) is 6.53. The zero-order valence-electron chi connectivity index (χ0n) is 5.85. The van der Waals surface area contributed by atoms with Gasteiger partial charge in [0.1, 0.15) is 0 Å². The Kier molecular flexibility index (Phi) is 1.41. The van der Waals surface area contributed by atoms with E-state index in [1.807, 2.05) is 0 Å². The first-order chi connectivity index (χ1) is 4.83. The third kappa shape index (κ3) is 0.764. The Bertz CT molecular complexity index is 157. The van der Waals surface area contributed by atoms with Crippen LogP contribution in [0.2, 0.25) is 0 Å². The van der Waals surface area contributed by atoms with Crippen LogP contribution in [0.5, 0.6) is 0 Å². The molecule has 1 aliphatic heterocycles. The Morgan fingerprint density at radius 2 is 2.10 bits per heavy atom. The number of rotatable bonds is 0. The van der Waals surface area contributed by atoms with Crippen LogP contribution < -0.4 is 5.32 Å². The molecule has 0 bridgehead atoms. The summed E-state index contributed by atoms with van der Waals surface area (Å²) in [6.45, 7) is 0. The van der Waals surface area contributed by atoms with Crippen LogP contribution in [0.1, 0.15) is 25.7 Å². The van der Waals surface area contributed by atoms with Gasteiger partial charge in [0.05, 0.1) is 10.6 Å². The predicted molar refractivity (Wildman–Crippen MR) is 41.8 cm³/mol. The van der Waals surface area contributed by atoms with Crippen LogP contribution >= 0.6 is 11.8 Å². The van der Waals surface area contributed by atoms with Gasteiger partial charge < -0.3 is 5.32 Å². The second-order valence-electron chi connectivity index (χ2n) is 3.00. The molecule has 2 aliphatic rings. The van der Waals surface area contributed by atoms with Crippen molar-refractivity contribution in [1.29, 1.82) is 0 Å². The van der Waals surface area contributed by atoms with E-state index in [-0.39, 0.29) is 10.7 Å². The minimum atomic E-state index is 0.0139. The quantitative estimate of drug-likeness (QED) is 0.571. The lowest BCUT2D eigenvalue weighted by atomic mass is 10.1. The number of carbonyl (C=O) groups excluding carboxylic acids is 1. The smallest absolute Gasteiger partial charge is 0.236 e. The maximum absolute atomic E-state index is 11.3. The first-order valence-corrected chi connectivity index (χ1v) is 4.74. The van der Waals surface area contributed by atoms with Gasteiger partial charge in [-0.05, 0) is 12.8 Å². The molecule has 3 heteroatoms. The van der Waals surface area contributed by atoms with E-state index in [0.29, 0.717) is 0 Å². The average Bonchev–Trinajstić information content (AvgIpc) is 2.48. The largest absolute Gasteiger partial charge is 0.346 e. The third-order valence-electron chi connectivity index (χ3n) is 2.41. The summed E-state index contributed by atoms with van der Waals surface area (Å²) in [5, 5.41) is 2.88. The molecule has 0 atom stereocenters. The molecule has 1 saturated carbocycles. The van der Waals surface area contributed by atoms with Crippen molar-refractivity contribution in [1.82, 2.24) is 5.32 Å². The van der Waals surface area contributed by atoms with Crippen molar-refractivity contribution in [2.45, 2.75) is 30.4 Å². The molecule has 2 fully saturated rings. The van der Waals surface area contributed by atoms with Crippen LogP contribution in [-0.4, -0.2) is 16.5 Å². The first-order valence-electron chi connectivity index (χ1n) is 3.76. The fourth-order valence-electron chi connectivity index (χ4n) is 1.78. The number of thioether (sulfide) groups is 1. The fraction of sp³-hybridized carbons (Fsp3) is 0.857. The monoisotopic (exact) mass is 157 g/mol. The molecule has 1 amide bonds. The van der Waals surface area contributed by atoms with Crippen molar-refractivity contribution in [2.75, 3.05) is 5.88 Å². The van der Waals surface area contributed by atoms with Gasteiger partial charge in [0.25, 0.3) is 0 Å². The molecule has 0 unspecified atom stereocenters. The van der Waals surface area contributed by atoms with Gasteiger partial charge >= 0.3 is 0 Å². The molecule has 1 saturated heterocycles. The summed E-state index contributed by atoms with van der Waals surface area (Å²) in [6, 6.07) is 0. The summed E-state index contributed by atoms with van der Waals surface area (Å²) >= 11 is 1.80. The van der Waals surface area contributed by atoms with E-state index in [4.69, 9.17) is 0 Å². The summed E-state index contributed by atoms with van der Waals surface area (Å²) in [6.07, 6.45) is 4.67. The number of amides is 1. The van der Waals surface area contributed by atoms with Gasteiger partial charge in [-0.2, -0.15) is 0 Å². The molecule has 0 aromatic rings. The van der Waals surface area contributed by atoms with E-state index in [0.717, 1.165) is 18.7 Å². The molecule has 2 rings (SSSR count). The van der Waals surface area contributed by atoms with Gasteiger partial charge in [-0.15, -0.1) is 11.8 Å². The fourth-order valence-corrected chi connectivity index (χ4v) is 3.04. The molecule has 1 N–H and O–H groups in total. The van der Waals surface area contributed by atoms with Crippen molar-refractivity contribution < 1.29 is 4.79 Å². The Morgan fingerprint density at radius 1 is 1.40 bits per heavy atom. The molecule has 0 aromatic carbocycles. The summed E-state index contributed by atoms with van der Waals surface area (Å²) in [7, 11) is 0. The molecular formula is C7H11NOS. The molecule has 1 spiro atoms. The second-order valence-corrected chi connectivity index (χ2v) is 4.35. The zero-order chi connectivity index (χ0) is 7.03. The summed E-state index contributed by atoms with van der Waals surface area (Å²) in [4.78, 5) is 11.3. The van der Waals surface area contributed by atoms with Crippen LogP contribution in [0.15, 0.2) is 0 Å². The van der Waals surface area contributed by atoms with Gasteiger partial charge in [0, 0.05) is 0 Å². The molecular weight excluding hydrogens is 146 g/mol. The topological polar surface area (TPSA) is 29.1 Å². The van der Waals surface area contributed by atoms with Gasteiger partial charge in [-0.25, -0.2) is 0 Å². The molecule has 2 nitrogen and oxygen atoms in total. The maximum Gasteiger partial charge on any atom is 0.236 e. The van der Waals surface area contributed by atoms with Gasteiger partial charge in [-0.1, -0.05) is 12.8 Å². The van der Waals surface area contributed by atoms with Gasteiger partial charge in [0.15, 0.2) is 0 Å². The summed E-state index contributed by atoms with van der Waals surface area (Å²) in [5.41, 5.74) is 0. The highest BCUT2D eigenvalue weighted by Gasteiger charge is 2.44. The van der Waals surface area contributed by atoms with E-state index in [2.05, 4.69) is 5.32 Å². The van der Waals surface area contributed by atoms with Crippen molar-refractivity contribution in [3.8, 4) is 0 Å². The van der Waals surface area contributed by atoms with Crippen molar-refractivity contribution in [3.63, 3.8) is 0 Å². The Morgan fingerprint density at radius 3 is 2.60 bits per heavy atom. The molecule has 0 aromatic heterocycles. The van der Waals surface area contributed by atoms with E-state index in [1.165, 1.54) is 12.8 Å². The van der Waals surface area contributed by atoms with Gasteiger partial charge in [-0.3, -0.25) is 4.79 Å². The third-order valence-corrected chi connectivity index (χ3v) is 3.84. The minimum absolute atomic E-state index is 0.0139. The van der Waals surface area contributed by atoms with Crippen molar-refractivity contribution in [2.24, 2.45) is 0 Å². The number of nitrogens with one attached hydrogen (secondary N) is 1. The highest BCUT2D eigenvalue weighted by molar-refractivity contribution is 8.01. The van der Waals surface area contributed by atoms with Crippen LogP contribution in [0.4, 0.5) is 0 Å². The van der Waals surface area contributed by atoms with E-state index in [9.17, 15) is 4.79 Å². The van der Waals surface area contributed by atoms with Crippen LogP contribution in [0, 0.1) is 0 Å². The average molecular weight is 157 g/mol. The zero-order valence-corrected chi connectivity index (χ0v) is 6.67. The van der Waals surface area contributed by atoms with Gasteiger partial charge in [0.2, 0.25) is 5.91 Å². The van der Waals surface area contributed by atoms with Crippen LogP contribution in [-0.2, 0) is 4.79 Å². The van der Waals surface area contributed by atoms with Crippen LogP contribution in [0.3, 0.4) is 0 Å². The van der Waals surface area contributed by atoms with E-state index < -0.39 is 0 Å². The molecule has 0 radical (unpaired) electrons. The predicted octanol–water partition coefficient (Wildman–Crippen LogP) is 1.12. The second kappa shape index (κ2) is 2.16. The summed E-state index contributed by atoms with van der Waals surface area (Å²) < 4.78 is 0.0139. The molecule has 10 heavy (non-hydrogen) atoms. The lowest BCUT2D eigenvalue weighted by molar-refractivity contribution is -0.122. The van der Waals surface area contributed by atoms with Crippen molar-refractivity contribution >= 4 is 17.7 Å².